The van der Waals surface area contributed by atoms with Gasteiger partial charge in [-0.1, -0.05) is 26.2 Å². The van der Waals surface area contributed by atoms with E-state index in [9.17, 15) is 9.18 Å². The molecule has 0 unspecified atom stereocenters. The van der Waals surface area contributed by atoms with Gasteiger partial charge in [0.25, 0.3) is 0 Å². The van der Waals surface area contributed by atoms with E-state index in [0.717, 1.165) is 6.54 Å². The van der Waals surface area contributed by atoms with E-state index in [2.05, 4.69) is 17.1 Å². The van der Waals surface area contributed by atoms with Gasteiger partial charge in [0.05, 0.1) is 12.2 Å². The third-order valence-electron chi connectivity index (χ3n) is 4.12. The van der Waals surface area contributed by atoms with Gasteiger partial charge in [-0.3, -0.25) is 9.69 Å². The largest absolute Gasteiger partial charge is 0.396 e. The molecule has 1 saturated carbocycles. The minimum absolute atomic E-state index is 0.0485. The highest BCUT2D eigenvalue weighted by atomic mass is 19.1. The number of likely N-dealkylation sites (N-methyl/N-ethyl adjacent to an activating group) is 1. The number of benzene rings is 1. The number of nitrogen functional groups attached to an aromatic ring is 1. The Hall–Kier alpha value is -1.62. The fourth-order valence-electron chi connectivity index (χ4n) is 2.95. The van der Waals surface area contributed by atoms with Crippen LogP contribution < -0.4 is 11.1 Å². The molecule has 5 heteroatoms. The fourth-order valence-corrected chi connectivity index (χ4v) is 2.95. The van der Waals surface area contributed by atoms with Crippen molar-refractivity contribution in [1.29, 1.82) is 0 Å². The van der Waals surface area contributed by atoms with Gasteiger partial charge in [0.2, 0.25) is 5.91 Å². The molecule has 0 atom stereocenters. The van der Waals surface area contributed by atoms with Crippen LogP contribution in [0.4, 0.5) is 15.8 Å². The molecule has 2 rings (SSSR count). The van der Waals surface area contributed by atoms with Gasteiger partial charge in [0.15, 0.2) is 0 Å². The first-order chi connectivity index (χ1) is 10.1. The number of carbonyl (C=O) groups is 1. The van der Waals surface area contributed by atoms with Crippen LogP contribution in [0.15, 0.2) is 18.2 Å². The summed E-state index contributed by atoms with van der Waals surface area (Å²) in [6.45, 7) is 3.32. The van der Waals surface area contributed by atoms with Crippen LogP contribution >= 0.6 is 0 Å². The van der Waals surface area contributed by atoms with Gasteiger partial charge in [0.1, 0.15) is 5.82 Å². The Morgan fingerprint density at radius 2 is 2.10 bits per heavy atom. The van der Waals surface area contributed by atoms with Crippen molar-refractivity contribution in [2.24, 2.45) is 0 Å². The lowest BCUT2D eigenvalue weighted by Gasteiger charge is -2.32. The summed E-state index contributed by atoms with van der Waals surface area (Å²) < 4.78 is 13.1. The second-order valence-corrected chi connectivity index (χ2v) is 5.64. The van der Waals surface area contributed by atoms with E-state index >= 15 is 0 Å². The lowest BCUT2D eigenvalue weighted by molar-refractivity contribution is -0.118. The molecular weight excluding hydrogens is 269 g/mol. The summed E-state index contributed by atoms with van der Waals surface area (Å²) in [5.41, 5.74) is 6.09. The Morgan fingerprint density at radius 3 is 2.71 bits per heavy atom. The number of amides is 1. The number of halogens is 1. The van der Waals surface area contributed by atoms with Crippen molar-refractivity contribution in [2.45, 2.75) is 45.1 Å². The smallest absolute Gasteiger partial charge is 0.238 e. The van der Waals surface area contributed by atoms with Crippen molar-refractivity contribution in [3.8, 4) is 0 Å². The number of nitrogens with one attached hydrogen (secondary N) is 1. The molecule has 0 radical (unpaired) electrons. The van der Waals surface area contributed by atoms with E-state index in [-0.39, 0.29) is 11.6 Å². The average molecular weight is 293 g/mol. The molecule has 1 aliphatic rings. The first-order valence-electron chi connectivity index (χ1n) is 7.69. The standard InChI is InChI=1S/C16H24FN3O/c1-2-20(13-6-4-3-5-7-13)11-16(21)19-12-8-9-14(17)15(18)10-12/h8-10,13H,2-7,11,18H2,1H3,(H,19,21). The Morgan fingerprint density at radius 1 is 1.38 bits per heavy atom. The van der Waals surface area contributed by atoms with Gasteiger partial charge < -0.3 is 11.1 Å². The van der Waals surface area contributed by atoms with E-state index in [1.807, 2.05) is 0 Å². The maximum Gasteiger partial charge on any atom is 0.238 e. The molecule has 21 heavy (non-hydrogen) atoms. The number of anilines is 2. The van der Waals surface area contributed by atoms with Crippen molar-refractivity contribution in [3.05, 3.63) is 24.0 Å². The molecule has 1 aliphatic carbocycles. The molecule has 0 bridgehead atoms. The predicted molar refractivity (Wildman–Crippen MR) is 83.6 cm³/mol. The Bertz CT molecular complexity index is 486. The molecule has 1 aromatic rings. The Balaban J connectivity index is 1.91. The van der Waals surface area contributed by atoms with Gasteiger partial charge >= 0.3 is 0 Å². The summed E-state index contributed by atoms with van der Waals surface area (Å²) in [6.07, 6.45) is 6.14. The topological polar surface area (TPSA) is 58.4 Å². The highest BCUT2D eigenvalue weighted by Gasteiger charge is 2.21. The first kappa shape index (κ1) is 15.8. The molecule has 0 spiro atoms. The Kier molecular flexibility index (Phi) is 5.56. The quantitative estimate of drug-likeness (QED) is 0.821. The van der Waals surface area contributed by atoms with Gasteiger partial charge in [-0.05, 0) is 37.6 Å². The number of nitrogens with zero attached hydrogens (tertiary/aromatic N) is 1. The highest BCUT2D eigenvalue weighted by molar-refractivity contribution is 5.92. The van der Waals surface area contributed by atoms with Crippen LogP contribution in [0.1, 0.15) is 39.0 Å². The summed E-state index contributed by atoms with van der Waals surface area (Å²) in [6, 6.07) is 4.75. The molecule has 3 N–H and O–H groups in total. The maximum atomic E-state index is 13.1. The number of carbonyl (C=O) groups excluding carboxylic acids is 1. The van der Waals surface area contributed by atoms with Gasteiger partial charge in [-0.2, -0.15) is 0 Å². The van der Waals surface area contributed by atoms with Crippen LogP contribution in [-0.2, 0) is 4.79 Å². The predicted octanol–water partition coefficient (Wildman–Crippen LogP) is 3.00. The molecule has 0 aromatic heterocycles. The van der Waals surface area contributed by atoms with Crippen molar-refractivity contribution >= 4 is 17.3 Å². The third kappa shape index (κ3) is 4.43. The fraction of sp³-hybridized carbons (Fsp3) is 0.562. The molecule has 116 valence electrons. The van der Waals surface area contributed by atoms with Crippen LogP contribution in [0.2, 0.25) is 0 Å². The van der Waals surface area contributed by atoms with Gasteiger partial charge in [-0.25, -0.2) is 4.39 Å². The zero-order valence-electron chi connectivity index (χ0n) is 12.6. The average Bonchev–Trinajstić information content (AvgIpc) is 2.49. The second kappa shape index (κ2) is 7.41. The van der Waals surface area contributed by atoms with Crippen LogP contribution in [0.5, 0.6) is 0 Å². The summed E-state index contributed by atoms with van der Waals surface area (Å²) >= 11 is 0. The van der Waals surface area contributed by atoms with Crippen molar-refractivity contribution < 1.29 is 9.18 Å². The number of hydrogen-bond donors (Lipinski definition) is 2. The maximum absolute atomic E-state index is 13.1. The van der Waals surface area contributed by atoms with Crippen LogP contribution in [0, 0.1) is 5.82 Å². The molecular formula is C16H24FN3O. The summed E-state index contributed by atoms with van der Waals surface area (Å²) in [5.74, 6) is -0.543. The molecule has 1 amide bonds. The van der Waals surface area contributed by atoms with E-state index in [0.29, 0.717) is 18.3 Å². The number of hydrogen-bond acceptors (Lipinski definition) is 3. The number of nitrogens with two attached hydrogens (primary N) is 1. The third-order valence-corrected chi connectivity index (χ3v) is 4.12. The normalized spacial score (nSPS) is 16.1. The van der Waals surface area contributed by atoms with Crippen molar-refractivity contribution in [3.63, 3.8) is 0 Å². The molecule has 0 aliphatic heterocycles. The van der Waals surface area contributed by atoms with Crippen LogP contribution in [0.25, 0.3) is 0 Å². The minimum Gasteiger partial charge on any atom is -0.396 e. The van der Waals surface area contributed by atoms with Crippen molar-refractivity contribution in [2.75, 3.05) is 24.1 Å². The molecule has 0 heterocycles. The molecule has 0 saturated heterocycles. The summed E-state index contributed by atoms with van der Waals surface area (Å²) in [5, 5.41) is 2.79. The molecule has 4 nitrogen and oxygen atoms in total. The molecule has 1 fully saturated rings. The van der Waals surface area contributed by atoms with Gasteiger partial charge in [-0.15, -0.1) is 0 Å². The number of rotatable bonds is 5. The van der Waals surface area contributed by atoms with E-state index in [1.165, 1.54) is 50.3 Å². The van der Waals surface area contributed by atoms with Crippen molar-refractivity contribution in [1.82, 2.24) is 4.90 Å². The zero-order valence-corrected chi connectivity index (χ0v) is 12.6. The van der Waals surface area contributed by atoms with Crippen LogP contribution in [-0.4, -0.2) is 29.9 Å². The monoisotopic (exact) mass is 293 g/mol. The Labute approximate surface area is 125 Å². The first-order valence-corrected chi connectivity index (χ1v) is 7.69. The second-order valence-electron chi connectivity index (χ2n) is 5.64. The summed E-state index contributed by atoms with van der Waals surface area (Å²) in [7, 11) is 0. The minimum atomic E-state index is -0.467. The van der Waals surface area contributed by atoms with E-state index < -0.39 is 5.82 Å². The SMILES string of the molecule is CCN(CC(=O)Nc1ccc(F)c(N)c1)C1CCCCC1. The zero-order chi connectivity index (χ0) is 15.2. The lowest BCUT2D eigenvalue weighted by Crippen LogP contribution is -2.41. The van der Waals surface area contributed by atoms with Crippen LogP contribution in [0.3, 0.4) is 0 Å². The summed E-state index contributed by atoms with van der Waals surface area (Å²) in [4.78, 5) is 14.4. The molecule has 1 aromatic carbocycles. The van der Waals surface area contributed by atoms with Gasteiger partial charge in [0, 0.05) is 11.7 Å². The van der Waals surface area contributed by atoms with E-state index in [4.69, 9.17) is 5.73 Å². The highest BCUT2D eigenvalue weighted by Crippen LogP contribution is 2.22. The van der Waals surface area contributed by atoms with E-state index in [1.54, 1.807) is 0 Å². The lowest BCUT2D eigenvalue weighted by atomic mass is 9.94.